The maximum atomic E-state index is 13.5. The van der Waals surface area contributed by atoms with E-state index >= 15 is 0 Å². The third-order valence-corrected chi connectivity index (χ3v) is 5.32. The van der Waals surface area contributed by atoms with Gasteiger partial charge in [-0.3, -0.25) is 9.59 Å². The van der Waals surface area contributed by atoms with Gasteiger partial charge in [0.25, 0.3) is 11.8 Å². The van der Waals surface area contributed by atoms with E-state index in [0.29, 0.717) is 34.9 Å². The van der Waals surface area contributed by atoms with Crippen LogP contribution in [-0.2, 0) is 9.59 Å². The smallest absolute Gasteiger partial charge is 0.282 e. The minimum atomic E-state index is -0.606. The lowest BCUT2D eigenvalue weighted by Crippen LogP contribution is -2.34. The molecule has 0 N–H and O–H groups in total. The van der Waals surface area contributed by atoms with Crippen LogP contribution in [0.25, 0.3) is 5.57 Å². The number of benzene rings is 2. The van der Waals surface area contributed by atoms with Gasteiger partial charge in [-0.1, -0.05) is 35.3 Å². The summed E-state index contributed by atoms with van der Waals surface area (Å²) in [6, 6.07) is 10.6. The van der Waals surface area contributed by atoms with Crippen molar-refractivity contribution in [3.63, 3.8) is 0 Å². The molecule has 0 spiro atoms. The SMILES string of the molecule is O=C1C(c2ccc(Cl)cc2)=C(N2CCCC2)C(=O)N1c1ccc(F)c(Cl)c1. The Morgan fingerprint density at radius 3 is 2.19 bits per heavy atom. The standard InChI is InChI=1S/C20H15Cl2FN2O2/c21-13-5-3-12(4-6-13)17-18(24-9-1-2-10-24)20(27)25(19(17)26)14-7-8-16(23)15(22)11-14/h3-8,11H,1-2,9-10H2. The first-order valence-corrected chi connectivity index (χ1v) is 9.32. The Hall–Kier alpha value is -2.37. The van der Waals surface area contributed by atoms with Crippen molar-refractivity contribution >= 4 is 46.3 Å². The molecule has 4 nitrogen and oxygen atoms in total. The molecule has 2 aromatic rings. The van der Waals surface area contributed by atoms with Crippen molar-refractivity contribution < 1.29 is 14.0 Å². The van der Waals surface area contributed by atoms with E-state index in [4.69, 9.17) is 23.2 Å². The lowest BCUT2D eigenvalue weighted by Gasteiger charge is -2.20. The number of nitrogens with zero attached hydrogens (tertiary/aromatic N) is 2. The Morgan fingerprint density at radius 1 is 0.889 bits per heavy atom. The molecule has 0 aromatic heterocycles. The summed E-state index contributed by atoms with van der Waals surface area (Å²) >= 11 is 11.8. The Balaban J connectivity index is 1.83. The number of hydrogen-bond donors (Lipinski definition) is 0. The van der Waals surface area contributed by atoms with Crippen LogP contribution in [0, 0.1) is 5.82 Å². The van der Waals surface area contributed by atoms with Gasteiger partial charge in [0.1, 0.15) is 11.5 Å². The summed E-state index contributed by atoms with van der Waals surface area (Å²) in [6.07, 6.45) is 1.92. The predicted molar refractivity (Wildman–Crippen MR) is 103 cm³/mol. The summed E-state index contributed by atoms with van der Waals surface area (Å²) in [5, 5.41) is 0.400. The fourth-order valence-corrected chi connectivity index (χ4v) is 3.79. The molecule has 1 fully saturated rings. The molecule has 1 saturated heterocycles. The van der Waals surface area contributed by atoms with Crippen molar-refractivity contribution in [1.29, 1.82) is 0 Å². The topological polar surface area (TPSA) is 40.6 Å². The van der Waals surface area contributed by atoms with Gasteiger partial charge in [0.2, 0.25) is 0 Å². The van der Waals surface area contributed by atoms with Crippen molar-refractivity contribution in [1.82, 2.24) is 4.90 Å². The van der Waals surface area contributed by atoms with E-state index in [1.54, 1.807) is 24.3 Å². The van der Waals surface area contributed by atoms with Crippen LogP contribution in [0.15, 0.2) is 48.2 Å². The molecule has 4 rings (SSSR count). The van der Waals surface area contributed by atoms with Gasteiger partial charge >= 0.3 is 0 Å². The molecule has 7 heteroatoms. The van der Waals surface area contributed by atoms with Crippen molar-refractivity contribution in [2.45, 2.75) is 12.8 Å². The van der Waals surface area contributed by atoms with Crippen LogP contribution in [0.2, 0.25) is 10.0 Å². The first kappa shape index (κ1) is 18.0. The fraction of sp³-hybridized carbons (Fsp3) is 0.200. The van der Waals surface area contributed by atoms with Gasteiger partial charge in [0.15, 0.2) is 0 Å². The second-order valence-corrected chi connectivity index (χ2v) is 7.31. The lowest BCUT2D eigenvalue weighted by atomic mass is 10.0. The third kappa shape index (κ3) is 3.11. The van der Waals surface area contributed by atoms with Crippen molar-refractivity contribution in [2.24, 2.45) is 0 Å². The van der Waals surface area contributed by atoms with E-state index in [1.165, 1.54) is 12.1 Å². The molecular formula is C20H15Cl2FN2O2. The first-order valence-electron chi connectivity index (χ1n) is 8.56. The number of amides is 2. The van der Waals surface area contributed by atoms with Crippen LogP contribution in [0.3, 0.4) is 0 Å². The maximum absolute atomic E-state index is 13.5. The normalized spacial score (nSPS) is 17.4. The van der Waals surface area contributed by atoms with Gasteiger partial charge in [0.05, 0.1) is 16.3 Å². The van der Waals surface area contributed by atoms with Crippen molar-refractivity contribution in [2.75, 3.05) is 18.0 Å². The first-order chi connectivity index (χ1) is 13.0. The van der Waals surface area contributed by atoms with Gasteiger partial charge in [-0.25, -0.2) is 9.29 Å². The Bertz CT molecular complexity index is 966. The molecule has 0 unspecified atom stereocenters. The largest absolute Gasteiger partial charge is 0.366 e. The lowest BCUT2D eigenvalue weighted by molar-refractivity contribution is -0.120. The highest BCUT2D eigenvalue weighted by molar-refractivity contribution is 6.45. The molecule has 2 aliphatic rings. The van der Waals surface area contributed by atoms with E-state index in [0.717, 1.165) is 23.8 Å². The average Bonchev–Trinajstić information content (AvgIpc) is 3.25. The van der Waals surface area contributed by atoms with Gasteiger partial charge in [-0.2, -0.15) is 0 Å². The molecule has 0 bridgehead atoms. The van der Waals surface area contributed by atoms with Gasteiger partial charge in [-0.15, -0.1) is 0 Å². The van der Waals surface area contributed by atoms with Crippen LogP contribution in [-0.4, -0.2) is 29.8 Å². The highest BCUT2D eigenvalue weighted by atomic mass is 35.5. The molecule has 2 amide bonds. The van der Waals surface area contributed by atoms with E-state index in [-0.39, 0.29) is 10.7 Å². The minimum absolute atomic E-state index is 0.143. The summed E-state index contributed by atoms with van der Waals surface area (Å²) in [7, 11) is 0. The number of carbonyl (C=O) groups is 2. The third-order valence-electron chi connectivity index (χ3n) is 4.78. The molecule has 2 heterocycles. The monoisotopic (exact) mass is 404 g/mol. The number of likely N-dealkylation sites (tertiary alicyclic amines) is 1. The van der Waals surface area contributed by atoms with Crippen molar-refractivity contribution in [3.05, 3.63) is 69.6 Å². The van der Waals surface area contributed by atoms with Crippen LogP contribution < -0.4 is 4.90 Å². The quantitative estimate of drug-likeness (QED) is 0.706. The summed E-state index contributed by atoms with van der Waals surface area (Å²) in [6.45, 7) is 1.42. The van der Waals surface area contributed by atoms with E-state index in [9.17, 15) is 14.0 Å². The molecule has 2 aliphatic heterocycles. The Labute approximate surface area is 165 Å². The number of halogens is 3. The Kier molecular flexibility index (Phi) is 4.66. The zero-order valence-electron chi connectivity index (χ0n) is 14.2. The Morgan fingerprint density at radius 2 is 1.56 bits per heavy atom. The summed E-state index contributed by atoms with van der Waals surface area (Å²) in [4.78, 5) is 29.4. The number of imide groups is 1. The molecular weight excluding hydrogens is 390 g/mol. The molecule has 0 saturated carbocycles. The highest BCUT2D eigenvalue weighted by Gasteiger charge is 2.43. The maximum Gasteiger partial charge on any atom is 0.282 e. The van der Waals surface area contributed by atoms with E-state index < -0.39 is 17.6 Å². The minimum Gasteiger partial charge on any atom is -0.366 e. The second kappa shape index (κ2) is 6.98. The zero-order valence-corrected chi connectivity index (χ0v) is 15.7. The molecule has 0 atom stereocenters. The van der Waals surface area contributed by atoms with Crippen LogP contribution in [0.5, 0.6) is 0 Å². The van der Waals surface area contributed by atoms with Gasteiger partial charge < -0.3 is 4.90 Å². The van der Waals surface area contributed by atoms with Crippen LogP contribution in [0.1, 0.15) is 18.4 Å². The number of anilines is 1. The predicted octanol–water partition coefficient (Wildman–Crippen LogP) is 4.51. The average molecular weight is 405 g/mol. The molecule has 27 heavy (non-hydrogen) atoms. The van der Waals surface area contributed by atoms with E-state index in [1.807, 2.05) is 4.90 Å². The van der Waals surface area contributed by atoms with Crippen LogP contribution in [0.4, 0.5) is 10.1 Å². The summed E-state index contributed by atoms with van der Waals surface area (Å²) < 4.78 is 13.5. The number of rotatable bonds is 3. The van der Waals surface area contributed by atoms with Crippen LogP contribution >= 0.6 is 23.2 Å². The molecule has 0 aliphatic carbocycles. The summed E-state index contributed by atoms with van der Waals surface area (Å²) in [5.41, 5.74) is 1.58. The molecule has 138 valence electrons. The number of hydrogen-bond acceptors (Lipinski definition) is 3. The fourth-order valence-electron chi connectivity index (χ4n) is 3.49. The van der Waals surface area contributed by atoms with E-state index in [2.05, 4.69) is 0 Å². The molecule has 0 radical (unpaired) electrons. The van der Waals surface area contributed by atoms with Gasteiger partial charge in [0, 0.05) is 18.1 Å². The zero-order chi connectivity index (χ0) is 19.1. The molecule has 2 aromatic carbocycles. The second-order valence-electron chi connectivity index (χ2n) is 6.47. The van der Waals surface area contributed by atoms with Crippen molar-refractivity contribution in [3.8, 4) is 0 Å². The highest BCUT2D eigenvalue weighted by Crippen LogP contribution is 2.37. The summed E-state index contributed by atoms with van der Waals surface area (Å²) in [5.74, 6) is -1.48. The van der Waals surface area contributed by atoms with Gasteiger partial charge in [-0.05, 0) is 48.7 Å². The number of carbonyl (C=O) groups excluding carboxylic acids is 2.